The molecule has 2 bridgehead atoms. The van der Waals surface area contributed by atoms with Crippen molar-refractivity contribution in [1.82, 2.24) is 10.2 Å². The summed E-state index contributed by atoms with van der Waals surface area (Å²) in [6.45, 7) is 3.27. The highest BCUT2D eigenvalue weighted by Gasteiger charge is 2.41. The average molecular weight is 343 g/mol. The molecule has 0 radical (unpaired) electrons. The third-order valence-electron chi connectivity index (χ3n) is 4.96. The Hall–Kier alpha value is 0.1000. The molecule has 3 unspecified atom stereocenters. The van der Waals surface area contributed by atoms with Crippen molar-refractivity contribution in [2.75, 3.05) is 13.6 Å². The second kappa shape index (κ2) is 5.84. The summed E-state index contributed by atoms with van der Waals surface area (Å²) in [6, 6.07) is 4.37. The number of hydrogen-bond acceptors (Lipinski definition) is 3. The topological polar surface area (TPSA) is 15.3 Å². The fourth-order valence-corrected chi connectivity index (χ4v) is 5.73. The highest BCUT2D eigenvalue weighted by atomic mass is 79.9. The molecule has 2 fully saturated rings. The first kappa shape index (κ1) is 14.1. The van der Waals surface area contributed by atoms with Crippen molar-refractivity contribution in [2.45, 2.75) is 50.7 Å². The van der Waals surface area contributed by atoms with E-state index >= 15 is 0 Å². The molecule has 106 valence electrons. The average Bonchev–Trinajstić information content (AvgIpc) is 2.87. The molecule has 2 aliphatic heterocycles. The van der Waals surface area contributed by atoms with Crippen molar-refractivity contribution in [3.8, 4) is 0 Å². The number of fused-ring (bicyclic) bond motifs is 2. The van der Waals surface area contributed by atoms with E-state index in [4.69, 9.17) is 0 Å². The van der Waals surface area contributed by atoms with Gasteiger partial charge in [0.05, 0.1) is 0 Å². The van der Waals surface area contributed by atoms with Crippen LogP contribution in [0.4, 0.5) is 0 Å². The molecule has 0 aromatic carbocycles. The van der Waals surface area contributed by atoms with Crippen LogP contribution in [0.15, 0.2) is 15.9 Å². The lowest BCUT2D eigenvalue weighted by Gasteiger charge is -2.40. The number of hydrogen-bond donors (Lipinski definition) is 1. The molecule has 2 saturated heterocycles. The van der Waals surface area contributed by atoms with E-state index in [2.05, 4.69) is 51.6 Å². The molecule has 3 heterocycles. The van der Waals surface area contributed by atoms with Crippen molar-refractivity contribution >= 4 is 27.3 Å². The first-order valence-electron chi connectivity index (χ1n) is 7.39. The van der Waals surface area contributed by atoms with E-state index in [9.17, 15) is 0 Å². The van der Waals surface area contributed by atoms with Gasteiger partial charge in [0.25, 0.3) is 0 Å². The fraction of sp³-hybridized carbons (Fsp3) is 0.733. The molecule has 3 atom stereocenters. The Morgan fingerprint density at radius 3 is 2.63 bits per heavy atom. The maximum Gasteiger partial charge on any atom is 0.0455 e. The smallest absolute Gasteiger partial charge is 0.0455 e. The van der Waals surface area contributed by atoms with Crippen molar-refractivity contribution in [1.29, 1.82) is 0 Å². The number of nitrogens with zero attached hydrogens (tertiary/aromatic N) is 1. The van der Waals surface area contributed by atoms with Crippen molar-refractivity contribution in [2.24, 2.45) is 5.92 Å². The fourth-order valence-electron chi connectivity index (χ4n) is 3.95. The SMILES string of the molecule is CCNC(c1sccc1Br)C1CC2CCC(C1)N2C. The Morgan fingerprint density at radius 1 is 1.42 bits per heavy atom. The summed E-state index contributed by atoms with van der Waals surface area (Å²) >= 11 is 5.61. The minimum absolute atomic E-state index is 0.538. The van der Waals surface area contributed by atoms with Gasteiger partial charge in [0.1, 0.15) is 0 Å². The molecule has 1 aromatic heterocycles. The maximum absolute atomic E-state index is 3.74. The predicted octanol–water partition coefficient (Wildman–Crippen LogP) is 4.03. The van der Waals surface area contributed by atoms with E-state index in [1.54, 1.807) is 0 Å². The molecule has 3 rings (SSSR count). The zero-order valence-electron chi connectivity index (χ0n) is 11.7. The third kappa shape index (κ3) is 2.65. The van der Waals surface area contributed by atoms with E-state index in [-0.39, 0.29) is 0 Å². The van der Waals surface area contributed by atoms with E-state index < -0.39 is 0 Å². The summed E-state index contributed by atoms with van der Waals surface area (Å²) in [4.78, 5) is 4.12. The molecule has 0 aliphatic carbocycles. The summed E-state index contributed by atoms with van der Waals surface area (Å²) in [5, 5.41) is 5.94. The van der Waals surface area contributed by atoms with Gasteiger partial charge >= 0.3 is 0 Å². The monoisotopic (exact) mass is 342 g/mol. The third-order valence-corrected chi connectivity index (χ3v) is 6.91. The van der Waals surface area contributed by atoms with Gasteiger partial charge in [-0.3, -0.25) is 0 Å². The van der Waals surface area contributed by atoms with Crippen LogP contribution < -0.4 is 5.32 Å². The Labute approximate surface area is 128 Å². The molecular weight excluding hydrogens is 320 g/mol. The van der Waals surface area contributed by atoms with Gasteiger partial charge in [-0.05, 0) is 72.6 Å². The van der Waals surface area contributed by atoms with Crippen molar-refractivity contribution < 1.29 is 0 Å². The quantitative estimate of drug-likeness (QED) is 0.888. The van der Waals surface area contributed by atoms with Crippen LogP contribution in [0.25, 0.3) is 0 Å². The highest BCUT2D eigenvalue weighted by Crippen LogP contribution is 2.44. The molecule has 0 saturated carbocycles. The van der Waals surface area contributed by atoms with E-state index in [1.165, 1.54) is 35.0 Å². The van der Waals surface area contributed by atoms with Crippen LogP contribution in [-0.2, 0) is 0 Å². The highest BCUT2D eigenvalue weighted by molar-refractivity contribution is 9.10. The normalized spacial score (nSPS) is 32.7. The predicted molar refractivity (Wildman–Crippen MR) is 85.7 cm³/mol. The Morgan fingerprint density at radius 2 is 2.11 bits per heavy atom. The second-order valence-electron chi connectivity index (χ2n) is 5.95. The number of piperidine rings is 1. The van der Waals surface area contributed by atoms with Crippen LogP contribution in [-0.4, -0.2) is 30.6 Å². The van der Waals surface area contributed by atoms with Crippen LogP contribution in [0, 0.1) is 5.92 Å². The summed E-state index contributed by atoms with van der Waals surface area (Å²) < 4.78 is 1.29. The van der Waals surface area contributed by atoms with Gasteiger partial charge in [0.15, 0.2) is 0 Å². The lowest BCUT2D eigenvalue weighted by Crippen LogP contribution is -2.43. The number of nitrogens with one attached hydrogen (secondary N) is 1. The molecule has 19 heavy (non-hydrogen) atoms. The van der Waals surface area contributed by atoms with E-state index in [0.29, 0.717) is 6.04 Å². The van der Waals surface area contributed by atoms with Crippen LogP contribution in [0.2, 0.25) is 0 Å². The molecule has 0 spiro atoms. The molecular formula is C15H23BrN2S. The first-order chi connectivity index (χ1) is 9.20. The Bertz CT molecular complexity index is 420. The lowest BCUT2D eigenvalue weighted by molar-refractivity contribution is 0.113. The molecule has 2 aliphatic rings. The van der Waals surface area contributed by atoms with Gasteiger partial charge in [0.2, 0.25) is 0 Å². The zero-order chi connectivity index (χ0) is 13.4. The van der Waals surface area contributed by atoms with Gasteiger partial charge < -0.3 is 10.2 Å². The standard InChI is InChI=1S/C15H23BrN2S/c1-3-17-14(15-13(16)6-7-19-15)10-8-11-4-5-12(9-10)18(11)2/h6-7,10-12,14,17H,3-5,8-9H2,1-2H3. The Kier molecular flexibility index (Phi) is 4.32. The minimum atomic E-state index is 0.538. The van der Waals surface area contributed by atoms with Gasteiger partial charge in [0, 0.05) is 27.5 Å². The van der Waals surface area contributed by atoms with Crippen LogP contribution in [0.5, 0.6) is 0 Å². The van der Waals surface area contributed by atoms with Crippen LogP contribution in [0.1, 0.15) is 43.5 Å². The molecule has 1 N–H and O–H groups in total. The number of halogens is 1. The van der Waals surface area contributed by atoms with E-state index in [0.717, 1.165) is 24.5 Å². The van der Waals surface area contributed by atoms with Gasteiger partial charge in [-0.15, -0.1) is 11.3 Å². The molecule has 2 nitrogen and oxygen atoms in total. The summed E-state index contributed by atoms with van der Waals surface area (Å²) in [5.41, 5.74) is 0. The maximum atomic E-state index is 3.74. The van der Waals surface area contributed by atoms with Crippen molar-refractivity contribution in [3.05, 3.63) is 20.8 Å². The van der Waals surface area contributed by atoms with E-state index in [1.807, 2.05) is 11.3 Å². The molecule has 0 amide bonds. The van der Waals surface area contributed by atoms with Gasteiger partial charge in [-0.1, -0.05) is 6.92 Å². The second-order valence-corrected chi connectivity index (χ2v) is 7.75. The van der Waals surface area contributed by atoms with Gasteiger partial charge in [-0.2, -0.15) is 0 Å². The minimum Gasteiger partial charge on any atom is -0.309 e. The summed E-state index contributed by atoms with van der Waals surface area (Å²) in [5.74, 6) is 0.795. The van der Waals surface area contributed by atoms with Crippen LogP contribution >= 0.6 is 27.3 Å². The first-order valence-corrected chi connectivity index (χ1v) is 9.06. The van der Waals surface area contributed by atoms with Crippen LogP contribution in [0.3, 0.4) is 0 Å². The number of thiophene rings is 1. The summed E-state index contributed by atoms with van der Waals surface area (Å²) in [6.07, 6.45) is 5.52. The van der Waals surface area contributed by atoms with Gasteiger partial charge in [-0.25, -0.2) is 0 Å². The lowest BCUT2D eigenvalue weighted by atomic mass is 9.84. The zero-order valence-corrected chi connectivity index (χ0v) is 14.1. The largest absolute Gasteiger partial charge is 0.309 e. The number of rotatable bonds is 4. The molecule has 1 aromatic rings. The summed E-state index contributed by atoms with van der Waals surface area (Å²) in [7, 11) is 2.32. The van der Waals surface area contributed by atoms with Crippen molar-refractivity contribution in [3.63, 3.8) is 0 Å². The molecule has 4 heteroatoms. The Balaban J connectivity index is 1.80.